The molecule has 9 rings (SSSR count). The highest BCUT2D eigenvalue weighted by molar-refractivity contribution is 6.13. The van der Waals surface area contributed by atoms with Gasteiger partial charge in [0.15, 0.2) is 0 Å². The fourth-order valence-electron chi connectivity index (χ4n) is 8.54. The number of nitrogens with one attached hydrogen (secondary N) is 1. The smallest absolute Gasteiger partial charge is 0.319 e. The Kier molecular flexibility index (Phi) is 6.84. The highest BCUT2D eigenvalue weighted by Crippen LogP contribution is 2.44. The van der Waals surface area contributed by atoms with Crippen molar-refractivity contribution in [2.45, 2.75) is 68.6 Å². The van der Waals surface area contributed by atoms with Gasteiger partial charge in [-0.1, -0.05) is 12.0 Å². The Balaban J connectivity index is 1.20. The number of amides is 1. The van der Waals surface area contributed by atoms with Crippen molar-refractivity contribution in [3.63, 3.8) is 0 Å². The molecule has 11 heteroatoms. The summed E-state index contributed by atoms with van der Waals surface area (Å²) in [6.07, 6.45) is 11.9. The minimum Gasteiger partial charge on any atom is -0.508 e. The summed E-state index contributed by atoms with van der Waals surface area (Å²) in [6, 6.07) is 6.42. The van der Waals surface area contributed by atoms with E-state index < -0.39 is 5.82 Å². The predicted octanol–water partition coefficient (Wildman–Crippen LogP) is 3.94. The lowest BCUT2D eigenvalue weighted by atomic mass is 9.92. The van der Waals surface area contributed by atoms with Gasteiger partial charge in [0.2, 0.25) is 0 Å². The molecule has 6 aliphatic heterocycles. The van der Waals surface area contributed by atoms with E-state index >= 15 is 0 Å². The number of rotatable bonds is 6. The summed E-state index contributed by atoms with van der Waals surface area (Å²) in [5.41, 5.74) is 1.12. The fraction of sp³-hybridized carbons (Fsp3) is 0.500. The molecule has 3 aromatic rings. The summed E-state index contributed by atoms with van der Waals surface area (Å²) in [4.78, 5) is 30.2. The molecule has 9 nitrogen and oxygen atoms in total. The number of ether oxygens (including phenoxy) is 1. The molecule has 4 atom stereocenters. The van der Waals surface area contributed by atoms with Gasteiger partial charge >= 0.3 is 6.01 Å². The lowest BCUT2D eigenvalue weighted by molar-refractivity contribution is 0.0765. The number of piperazine rings is 1. The molecule has 2 N–H and O–H groups in total. The lowest BCUT2D eigenvalue weighted by Gasteiger charge is -2.47. The number of piperidine rings is 2. The Morgan fingerprint density at radius 1 is 1.18 bits per heavy atom. The maximum atomic E-state index is 14.9. The number of phenols is 1. The zero-order valence-corrected chi connectivity index (χ0v) is 25.1. The number of carbonyl (C=O) groups is 1. The van der Waals surface area contributed by atoms with E-state index in [0.717, 1.165) is 69.5 Å². The normalized spacial score (nSPS) is 27.6. The molecule has 7 heterocycles. The van der Waals surface area contributed by atoms with Crippen LogP contribution in [0, 0.1) is 18.2 Å². The molecule has 2 unspecified atom stereocenters. The number of hydrogen-bond acceptors (Lipinski definition) is 8. The van der Waals surface area contributed by atoms with Crippen LogP contribution in [0.2, 0.25) is 0 Å². The summed E-state index contributed by atoms with van der Waals surface area (Å²) in [6.45, 7) is 2.72. The number of terminal acetylenes is 1. The first-order valence-corrected chi connectivity index (χ1v) is 16.0. The fourth-order valence-corrected chi connectivity index (χ4v) is 8.54. The van der Waals surface area contributed by atoms with Crippen molar-refractivity contribution in [3.8, 4) is 24.1 Å². The van der Waals surface area contributed by atoms with E-state index in [9.17, 15) is 18.7 Å². The van der Waals surface area contributed by atoms with Gasteiger partial charge in [-0.2, -0.15) is 9.97 Å². The van der Waals surface area contributed by atoms with Gasteiger partial charge in [0.1, 0.15) is 36.4 Å². The highest BCUT2D eigenvalue weighted by atomic mass is 19.1. The van der Waals surface area contributed by atoms with E-state index in [4.69, 9.17) is 21.1 Å². The van der Waals surface area contributed by atoms with Crippen molar-refractivity contribution >= 4 is 28.2 Å². The number of aromatic hydroxyl groups is 1. The van der Waals surface area contributed by atoms with E-state index in [0.29, 0.717) is 35.5 Å². The molecule has 5 fully saturated rings. The third kappa shape index (κ3) is 4.52. The van der Waals surface area contributed by atoms with Gasteiger partial charge in [-0.05, 0) is 69.0 Å². The number of hydrogen-bond donors (Lipinski definition) is 2. The van der Waals surface area contributed by atoms with E-state index in [2.05, 4.69) is 21.0 Å². The molecule has 1 amide bonds. The molecule has 234 valence electrons. The molecule has 45 heavy (non-hydrogen) atoms. The van der Waals surface area contributed by atoms with E-state index in [1.54, 1.807) is 6.07 Å². The van der Waals surface area contributed by atoms with Crippen molar-refractivity contribution in [1.82, 2.24) is 20.2 Å². The minimum absolute atomic E-state index is 0.0360. The number of aromatic nitrogens is 2. The Morgan fingerprint density at radius 3 is 2.82 bits per heavy atom. The Labute approximate surface area is 260 Å². The molecular weight excluding hydrogens is 578 g/mol. The molecule has 2 bridgehead atoms. The van der Waals surface area contributed by atoms with Crippen LogP contribution >= 0.6 is 0 Å². The third-order valence-corrected chi connectivity index (χ3v) is 10.8. The number of anilines is 2. The average molecular weight is 615 g/mol. The number of benzene rings is 2. The van der Waals surface area contributed by atoms with Gasteiger partial charge in [-0.3, -0.25) is 9.69 Å². The maximum Gasteiger partial charge on any atom is 0.319 e. The molecule has 6 aliphatic rings. The molecule has 0 saturated carbocycles. The van der Waals surface area contributed by atoms with Crippen molar-refractivity contribution in [2.24, 2.45) is 0 Å². The topological polar surface area (TPSA) is 94.1 Å². The summed E-state index contributed by atoms with van der Waals surface area (Å²) in [5, 5.41) is 15.1. The van der Waals surface area contributed by atoms with Gasteiger partial charge in [-0.15, -0.1) is 6.42 Å². The van der Waals surface area contributed by atoms with Crippen LogP contribution in [0.3, 0.4) is 0 Å². The minimum atomic E-state index is -0.571. The zero-order valence-electron chi connectivity index (χ0n) is 25.1. The van der Waals surface area contributed by atoms with Gasteiger partial charge in [-0.25, -0.2) is 8.78 Å². The summed E-state index contributed by atoms with van der Waals surface area (Å²) in [5.74, 6) is 2.15. The molecule has 5 saturated heterocycles. The third-order valence-electron chi connectivity index (χ3n) is 10.8. The van der Waals surface area contributed by atoms with Crippen molar-refractivity contribution in [2.75, 3.05) is 49.3 Å². The number of carbonyl (C=O) groups excluding carboxylic acids is 1. The SMILES string of the molecule is C#Cc1c(F)ccc2cc(O)cc(N3CCc4c(nc(OC[C@]56CCCN5[C@@H](CF)CC6)nc4N4CC5CCC4CN5)C3=O)c12. The van der Waals surface area contributed by atoms with Crippen molar-refractivity contribution < 1.29 is 23.4 Å². The average Bonchev–Trinajstić information content (AvgIpc) is 3.63. The number of fused-ring (bicyclic) bond motifs is 6. The van der Waals surface area contributed by atoms with Crippen LogP contribution in [0.1, 0.15) is 60.1 Å². The standard InChI is InChI=1S/C34H36F2N6O3/c1-2-25-27(36)7-4-20-14-24(43)15-28(29(20)25)40-13-9-26-30(32(40)44)38-33(39-31(26)41-18-21-5-6-23(41)17-37-21)45-19-34-10-3-12-42(34)22(16-35)8-11-34/h1,4,7,14-15,21-23,37,43H,3,5-6,8-13,16-19H2/t21?,22-,23?,34-/m1/s1. The van der Waals surface area contributed by atoms with Crippen LogP contribution in [0.5, 0.6) is 11.8 Å². The van der Waals surface area contributed by atoms with Crippen molar-refractivity contribution in [1.29, 1.82) is 0 Å². The number of phenolic OH excluding ortho intramolecular Hbond substituents is 1. The molecule has 0 radical (unpaired) electrons. The van der Waals surface area contributed by atoms with Crippen LogP contribution < -0.4 is 19.9 Å². The van der Waals surface area contributed by atoms with E-state index in [1.807, 2.05) is 0 Å². The van der Waals surface area contributed by atoms with Gasteiger partial charge in [0, 0.05) is 54.8 Å². The second kappa shape index (κ2) is 10.8. The van der Waals surface area contributed by atoms with Crippen LogP contribution in [-0.4, -0.2) is 89.0 Å². The summed E-state index contributed by atoms with van der Waals surface area (Å²) >= 11 is 0. The first-order chi connectivity index (χ1) is 21.9. The first-order valence-electron chi connectivity index (χ1n) is 16.0. The molecular formula is C34H36F2N6O3. The second-order valence-corrected chi connectivity index (χ2v) is 13.1. The van der Waals surface area contributed by atoms with Crippen molar-refractivity contribution in [3.05, 3.63) is 46.9 Å². The van der Waals surface area contributed by atoms with Gasteiger partial charge in [0.25, 0.3) is 5.91 Å². The Morgan fingerprint density at radius 2 is 2.07 bits per heavy atom. The Bertz CT molecular complexity index is 1740. The van der Waals surface area contributed by atoms with Gasteiger partial charge in [0.05, 0.1) is 16.8 Å². The highest BCUT2D eigenvalue weighted by Gasteiger charge is 2.50. The second-order valence-electron chi connectivity index (χ2n) is 13.1. The van der Waals surface area contributed by atoms with Crippen LogP contribution in [0.25, 0.3) is 10.8 Å². The van der Waals surface area contributed by atoms with E-state index in [1.165, 1.54) is 23.1 Å². The maximum absolute atomic E-state index is 14.9. The number of nitrogens with zero attached hydrogens (tertiary/aromatic N) is 5. The van der Waals surface area contributed by atoms with Crippen LogP contribution in [0.4, 0.5) is 20.3 Å². The van der Waals surface area contributed by atoms with E-state index in [-0.39, 0.29) is 59.8 Å². The van der Waals surface area contributed by atoms with Crippen LogP contribution in [-0.2, 0) is 6.42 Å². The molecule has 1 aromatic heterocycles. The van der Waals surface area contributed by atoms with Gasteiger partial charge < -0.3 is 25.0 Å². The first kappa shape index (κ1) is 28.5. The quantitative estimate of drug-likeness (QED) is 0.404. The molecule has 0 spiro atoms. The van der Waals surface area contributed by atoms with Crippen LogP contribution in [0.15, 0.2) is 24.3 Å². The lowest BCUT2D eigenvalue weighted by Crippen LogP contribution is -2.61. The number of alkyl halides is 1. The zero-order chi connectivity index (χ0) is 30.9. The molecule has 2 aromatic carbocycles. The number of halogens is 2. The largest absolute Gasteiger partial charge is 0.508 e. The molecule has 0 aliphatic carbocycles. The predicted molar refractivity (Wildman–Crippen MR) is 166 cm³/mol. The summed E-state index contributed by atoms with van der Waals surface area (Å²) in [7, 11) is 0. The monoisotopic (exact) mass is 614 g/mol. The summed E-state index contributed by atoms with van der Waals surface area (Å²) < 4.78 is 35.0. The Hall–Kier alpha value is -4.01.